The zero-order valence-corrected chi connectivity index (χ0v) is 23.9. The molecule has 3 aromatic rings. The van der Waals surface area contributed by atoms with E-state index in [0.29, 0.717) is 50.9 Å². The maximum Gasteiger partial charge on any atom is 0.268 e. The summed E-state index contributed by atoms with van der Waals surface area (Å²) >= 11 is 3.40. The van der Waals surface area contributed by atoms with Crippen molar-refractivity contribution in [2.45, 2.75) is 19.0 Å². The number of rotatable bonds is 8. The molecule has 3 amide bonds. The number of carbonyl (C=O) groups excluding carboxylic acids is 3. The average molecular weight is 610 g/mol. The highest BCUT2D eigenvalue weighted by Crippen LogP contribution is 2.49. The van der Waals surface area contributed by atoms with Gasteiger partial charge in [-0.2, -0.15) is 0 Å². The molecule has 208 valence electrons. The van der Waals surface area contributed by atoms with Crippen molar-refractivity contribution in [3.05, 3.63) is 76.3 Å². The molecule has 11 heteroatoms. The number of imide groups is 1. The Morgan fingerprint density at radius 3 is 2.27 bits per heavy atom. The molecule has 0 bridgehead atoms. The predicted octanol–water partition coefficient (Wildman–Crippen LogP) is 4.13. The molecule has 40 heavy (non-hydrogen) atoms. The van der Waals surface area contributed by atoms with Gasteiger partial charge >= 0.3 is 0 Å². The number of methoxy groups -OCH3 is 3. The summed E-state index contributed by atoms with van der Waals surface area (Å²) in [6, 6.07) is 15.1. The first-order valence-corrected chi connectivity index (χ1v) is 13.4. The van der Waals surface area contributed by atoms with Crippen LogP contribution in [-0.4, -0.2) is 56.7 Å². The van der Waals surface area contributed by atoms with Gasteiger partial charge in [0.15, 0.2) is 11.5 Å². The number of anilines is 1. The van der Waals surface area contributed by atoms with Crippen LogP contribution in [0.2, 0.25) is 0 Å². The Labute approximate surface area is 239 Å². The van der Waals surface area contributed by atoms with Gasteiger partial charge < -0.3 is 18.9 Å². The zero-order valence-electron chi connectivity index (χ0n) is 22.3. The molecule has 1 N–H and O–H groups in total. The largest absolute Gasteiger partial charge is 0.494 e. The lowest BCUT2D eigenvalue weighted by Gasteiger charge is -2.26. The topological polar surface area (TPSA) is 107 Å². The minimum absolute atomic E-state index is 0.328. The van der Waals surface area contributed by atoms with E-state index in [4.69, 9.17) is 18.9 Å². The van der Waals surface area contributed by atoms with E-state index >= 15 is 0 Å². The van der Waals surface area contributed by atoms with Crippen molar-refractivity contribution in [2.24, 2.45) is 5.92 Å². The minimum atomic E-state index is -1.10. The van der Waals surface area contributed by atoms with Crippen molar-refractivity contribution in [3.63, 3.8) is 0 Å². The summed E-state index contributed by atoms with van der Waals surface area (Å²) in [7, 11) is 4.47. The molecule has 2 heterocycles. The smallest absolute Gasteiger partial charge is 0.268 e. The second kappa shape index (κ2) is 11.2. The fourth-order valence-corrected chi connectivity index (χ4v) is 5.67. The third-order valence-electron chi connectivity index (χ3n) is 7.00. The first-order chi connectivity index (χ1) is 19.3. The van der Waals surface area contributed by atoms with Crippen LogP contribution in [0.25, 0.3) is 0 Å². The van der Waals surface area contributed by atoms with Gasteiger partial charge in [-0.3, -0.25) is 19.4 Å². The number of nitrogens with zero attached hydrogens (tertiary/aromatic N) is 2. The van der Waals surface area contributed by atoms with Crippen LogP contribution in [0.4, 0.5) is 5.69 Å². The summed E-state index contributed by atoms with van der Waals surface area (Å²) in [5.74, 6) is -0.645. The zero-order chi connectivity index (χ0) is 28.6. The Morgan fingerprint density at radius 2 is 1.65 bits per heavy atom. The molecular formula is C29H28BrN3O7. The van der Waals surface area contributed by atoms with E-state index in [1.165, 1.54) is 26.3 Å². The highest BCUT2D eigenvalue weighted by atomic mass is 79.9. The molecule has 3 aromatic carbocycles. The summed E-state index contributed by atoms with van der Waals surface area (Å²) in [4.78, 5) is 42.9. The van der Waals surface area contributed by atoms with Gasteiger partial charge in [-0.1, -0.05) is 22.0 Å². The molecule has 0 aliphatic carbocycles. The van der Waals surface area contributed by atoms with Gasteiger partial charge in [0, 0.05) is 15.6 Å². The minimum Gasteiger partial charge on any atom is -0.494 e. The molecule has 0 saturated carbocycles. The maximum absolute atomic E-state index is 14.0. The number of hydrogen-bond donors (Lipinski definition) is 1. The van der Waals surface area contributed by atoms with Gasteiger partial charge in [-0.25, -0.2) is 10.3 Å². The molecule has 2 aliphatic heterocycles. The normalized spacial score (nSPS) is 20.0. The van der Waals surface area contributed by atoms with Crippen molar-refractivity contribution in [2.75, 3.05) is 32.8 Å². The number of hydrazine groups is 1. The molecule has 0 unspecified atom stereocenters. The van der Waals surface area contributed by atoms with Crippen molar-refractivity contribution in [1.29, 1.82) is 0 Å². The molecule has 10 nitrogen and oxygen atoms in total. The van der Waals surface area contributed by atoms with Crippen LogP contribution in [0, 0.1) is 5.92 Å². The molecule has 3 atom stereocenters. The summed E-state index contributed by atoms with van der Waals surface area (Å²) < 4.78 is 22.9. The fraction of sp³-hybridized carbons (Fsp3) is 0.276. The molecule has 0 spiro atoms. The summed E-state index contributed by atoms with van der Waals surface area (Å²) in [5, 5.41) is 1.25. The van der Waals surface area contributed by atoms with E-state index in [9.17, 15) is 14.4 Å². The second-order valence-corrected chi connectivity index (χ2v) is 10.0. The number of benzene rings is 3. The molecule has 0 radical (unpaired) electrons. The highest BCUT2D eigenvalue weighted by molar-refractivity contribution is 9.10. The molecule has 0 aromatic heterocycles. The summed E-state index contributed by atoms with van der Waals surface area (Å²) in [5.41, 5.74) is 4.43. The van der Waals surface area contributed by atoms with Gasteiger partial charge in [0.05, 0.1) is 45.6 Å². The third kappa shape index (κ3) is 4.54. The number of fused-ring (bicyclic) bond motifs is 1. The lowest BCUT2D eigenvalue weighted by Crippen LogP contribution is -2.48. The van der Waals surface area contributed by atoms with Crippen LogP contribution in [0.3, 0.4) is 0 Å². The molecular weight excluding hydrogens is 582 g/mol. The van der Waals surface area contributed by atoms with E-state index in [-0.39, 0.29) is 0 Å². The summed E-state index contributed by atoms with van der Waals surface area (Å²) in [6.07, 6.45) is 0. The van der Waals surface area contributed by atoms with E-state index < -0.39 is 35.7 Å². The Kier molecular flexibility index (Phi) is 7.68. The van der Waals surface area contributed by atoms with Crippen molar-refractivity contribution in [1.82, 2.24) is 10.4 Å². The van der Waals surface area contributed by atoms with Crippen molar-refractivity contribution in [3.8, 4) is 23.0 Å². The van der Waals surface area contributed by atoms with Gasteiger partial charge in [0.2, 0.25) is 11.7 Å². The molecule has 2 aliphatic rings. The van der Waals surface area contributed by atoms with E-state index in [2.05, 4.69) is 21.4 Å². The lowest BCUT2D eigenvalue weighted by molar-refractivity contribution is -0.123. The molecule has 2 fully saturated rings. The highest BCUT2D eigenvalue weighted by Gasteiger charge is 2.61. The third-order valence-corrected chi connectivity index (χ3v) is 7.49. The second-order valence-electron chi connectivity index (χ2n) is 9.13. The number of carbonyl (C=O) groups is 3. The Balaban J connectivity index is 1.61. The van der Waals surface area contributed by atoms with Crippen LogP contribution in [0.5, 0.6) is 23.0 Å². The first kappa shape index (κ1) is 27.5. The maximum atomic E-state index is 14.0. The lowest BCUT2D eigenvalue weighted by atomic mass is 9.90. The van der Waals surface area contributed by atoms with Gasteiger partial charge in [-0.05, 0) is 61.5 Å². The average Bonchev–Trinajstić information content (AvgIpc) is 3.48. The SMILES string of the molecule is CCOc1ccc(N2C(=O)[C@@H]3[C@H](c4ccc(OC)c(OC)c4OC)NN(C(=O)c4cccc(Br)c4)[C@H]3C2=O)cc1. The number of hydrogen-bond acceptors (Lipinski definition) is 8. The van der Waals surface area contributed by atoms with Crippen LogP contribution in [0.15, 0.2) is 65.1 Å². The molecule has 2 saturated heterocycles. The van der Waals surface area contributed by atoms with E-state index in [0.717, 1.165) is 4.90 Å². The first-order valence-electron chi connectivity index (χ1n) is 12.6. The van der Waals surface area contributed by atoms with Crippen molar-refractivity contribution < 1.29 is 33.3 Å². The number of halogens is 1. The van der Waals surface area contributed by atoms with Crippen LogP contribution >= 0.6 is 15.9 Å². The number of nitrogens with one attached hydrogen (secondary N) is 1. The summed E-state index contributed by atoms with van der Waals surface area (Å²) in [6.45, 7) is 2.35. The quantitative estimate of drug-likeness (QED) is 0.380. The Morgan fingerprint density at radius 1 is 0.925 bits per heavy atom. The van der Waals surface area contributed by atoms with Crippen LogP contribution in [-0.2, 0) is 9.59 Å². The van der Waals surface area contributed by atoms with Crippen LogP contribution in [0.1, 0.15) is 28.9 Å². The van der Waals surface area contributed by atoms with Gasteiger partial charge in [0.1, 0.15) is 11.8 Å². The standard InChI is InChI=1S/C29H28BrN3O7/c1-5-40-19-11-9-18(10-12-19)32-28(35)22-23(20-13-14-21(37-2)26(39-4)25(20)38-3)31-33(24(22)29(32)36)27(34)16-7-6-8-17(30)15-16/h6-15,22-24,31H,5H2,1-4H3/t22-,23+,24-/m1/s1. The number of ether oxygens (including phenoxy) is 4. The monoisotopic (exact) mass is 609 g/mol. The van der Waals surface area contributed by atoms with Gasteiger partial charge in [0.25, 0.3) is 11.8 Å². The Bertz CT molecular complexity index is 1460. The van der Waals surface area contributed by atoms with Gasteiger partial charge in [-0.15, -0.1) is 0 Å². The molecule has 5 rings (SSSR count). The van der Waals surface area contributed by atoms with E-state index in [1.54, 1.807) is 60.7 Å². The van der Waals surface area contributed by atoms with Crippen molar-refractivity contribution >= 4 is 39.3 Å². The van der Waals surface area contributed by atoms with E-state index in [1.807, 2.05) is 6.92 Å². The number of amides is 3. The Hall–Kier alpha value is -4.09. The van der Waals surface area contributed by atoms with Crippen LogP contribution < -0.4 is 29.3 Å². The predicted molar refractivity (Wildman–Crippen MR) is 150 cm³/mol. The fourth-order valence-electron chi connectivity index (χ4n) is 5.28.